The number of amides is 3. The molecule has 1 N–H and O–H groups in total. The van der Waals surface area contributed by atoms with E-state index in [1.165, 1.54) is 32.4 Å². The summed E-state index contributed by atoms with van der Waals surface area (Å²) in [6.07, 6.45) is 1.38. The molecule has 0 bridgehead atoms. The average Bonchev–Trinajstić information content (AvgIpc) is 3.26. The van der Waals surface area contributed by atoms with Crippen LogP contribution in [0.1, 0.15) is 39.6 Å². The maximum absolute atomic E-state index is 13.3. The van der Waals surface area contributed by atoms with Crippen molar-refractivity contribution < 1.29 is 23.9 Å². The number of nitrogens with one attached hydrogen (secondary N) is 1. The number of alkyl halides is 1. The summed E-state index contributed by atoms with van der Waals surface area (Å²) >= 11 is 6.88. The molecule has 0 aliphatic carbocycles. The third kappa shape index (κ3) is 3.56. The molecule has 2 aliphatic rings. The van der Waals surface area contributed by atoms with Gasteiger partial charge in [-0.2, -0.15) is 0 Å². The molecule has 32 heavy (non-hydrogen) atoms. The molecule has 0 spiro atoms. The van der Waals surface area contributed by atoms with Crippen LogP contribution in [0, 0.1) is 0 Å². The maximum Gasteiger partial charge on any atom is 0.328 e. The number of fused-ring (bicyclic) bond motifs is 2. The van der Waals surface area contributed by atoms with Gasteiger partial charge in [-0.1, -0.05) is 30.3 Å². The molecule has 4 rings (SSSR count). The molecule has 2 aromatic rings. The number of imide groups is 1. The summed E-state index contributed by atoms with van der Waals surface area (Å²) in [4.78, 5) is 55.3. The summed E-state index contributed by atoms with van der Waals surface area (Å²) in [5.74, 6) is -2.55. The summed E-state index contributed by atoms with van der Waals surface area (Å²) in [7, 11) is 1.20. The van der Waals surface area contributed by atoms with Crippen LogP contribution in [-0.4, -0.2) is 54.0 Å². The Morgan fingerprint density at radius 3 is 2.31 bits per heavy atom. The van der Waals surface area contributed by atoms with Crippen molar-refractivity contribution >= 4 is 47.2 Å². The minimum Gasteiger partial charge on any atom is -0.467 e. The summed E-state index contributed by atoms with van der Waals surface area (Å²) < 4.78 is 4.66. The van der Waals surface area contributed by atoms with Crippen LogP contribution in [0.25, 0.3) is 0 Å². The van der Waals surface area contributed by atoms with Crippen LogP contribution in [0.4, 0.5) is 5.69 Å². The first kappa shape index (κ1) is 21.7. The molecular formula is C23H20ClN3O5. The van der Waals surface area contributed by atoms with Gasteiger partial charge in [0.1, 0.15) is 17.0 Å². The molecule has 8 nitrogen and oxygen atoms in total. The van der Waals surface area contributed by atoms with Gasteiger partial charge in [0, 0.05) is 18.2 Å². The number of rotatable bonds is 6. The van der Waals surface area contributed by atoms with Gasteiger partial charge in [0.25, 0.3) is 11.8 Å². The second-order valence-electron chi connectivity index (χ2n) is 7.64. The molecule has 2 heterocycles. The number of para-hydroxylation sites is 1. The number of ether oxygens (including phenoxy) is 1. The van der Waals surface area contributed by atoms with E-state index in [1.807, 2.05) is 6.07 Å². The van der Waals surface area contributed by atoms with E-state index in [1.54, 1.807) is 30.3 Å². The maximum atomic E-state index is 13.3. The van der Waals surface area contributed by atoms with E-state index in [-0.39, 0.29) is 17.5 Å². The second-order valence-corrected chi connectivity index (χ2v) is 8.31. The Balaban J connectivity index is 1.71. The van der Waals surface area contributed by atoms with Crippen molar-refractivity contribution in [3.05, 3.63) is 65.2 Å². The highest BCUT2D eigenvalue weighted by Gasteiger charge is 2.47. The first-order valence-electron chi connectivity index (χ1n) is 9.95. The van der Waals surface area contributed by atoms with Crippen molar-refractivity contribution in [1.29, 1.82) is 0 Å². The third-order valence-corrected chi connectivity index (χ3v) is 6.06. The van der Waals surface area contributed by atoms with Gasteiger partial charge in [0.15, 0.2) is 0 Å². The first-order chi connectivity index (χ1) is 15.3. The molecule has 2 aromatic carbocycles. The van der Waals surface area contributed by atoms with E-state index >= 15 is 0 Å². The van der Waals surface area contributed by atoms with E-state index in [0.717, 1.165) is 4.90 Å². The minimum atomic E-state index is -1.29. The van der Waals surface area contributed by atoms with Crippen molar-refractivity contribution in [3.63, 3.8) is 0 Å². The summed E-state index contributed by atoms with van der Waals surface area (Å²) in [6, 6.07) is 11.2. The van der Waals surface area contributed by atoms with Crippen LogP contribution in [0.2, 0.25) is 0 Å². The molecule has 9 heteroatoms. The predicted molar refractivity (Wildman–Crippen MR) is 117 cm³/mol. The lowest BCUT2D eigenvalue weighted by atomic mass is 9.91. The highest BCUT2D eigenvalue weighted by Crippen LogP contribution is 2.44. The summed E-state index contributed by atoms with van der Waals surface area (Å²) in [5.41, 5.74) is 1.73. The molecule has 0 radical (unpaired) electrons. The summed E-state index contributed by atoms with van der Waals surface area (Å²) in [6.45, 7) is 1.45. The smallest absolute Gasteiger partial charge is 0.328 e. The molecule has 1 unspecified atom stereocenters. The van der Waals surface area contributed by atoms with E-state index in [2.05, 4.69) is 15.0 Å². The molecule has 164 valence electrons. The molecule has 0 saturated carbocycles. The van der Waals surface area contributed by atoms with E-state index < -0.39 is 40.6 Å². The number of esters is 1. The normalized spacial score (nSPS) is 20.5. The van der Waals surface area contributed by atoms with Crippen molar-refractivity contribution in [2.75, 3.05) is 7.11 Å². The van der Waals surface area contributed by atoms with Crippen LogP contribution in [0.3, 0.4) is 0 Å². The quantitative estimate of drug-likeness (QED) is 0.411. The Morgan fingerprint density at radius 1 is 1.09 bits per heavy atom. The van der Waals surface area contributed by atoms with E-state index in [4.69, 9.17) is 11.6 Å². The SMILES string of the molecule is COC(=O)[C@H](C)NC(=O)[C@@H](CC1(Cl)C=Nc2ccccc21)N1C(=O)c2ccccc2C1=O. The Labute approximate surface area is 189 Å². The molecule has 3 atom stereocenters. The minimum absolute atomic E-state index is 0.125. The standard InChI is InChI=1S/C23H20ClN3O5/c1-13(22(31)32-2)26-19(28)18(11-23(24)12-25-17-10-6-5-9-16(17)23)27-20(29)14-7-3-4-8-15(14)21(27)30/h3-10,12-13,18H,11H2,1-2H3,(H,26,28)/t13-,18+,23?/m0/s1. The molecular weight excluding hydrogens is 434 g/mol. The third-order valence-electron chi connectivity index (χ3n) is 5.60. The lowest BCUT2D eigenvalue weighted by molar-refractivity contribution is -0.145. The molecule has 3 amide bonds. The zero-order valence-corrected chi connectivity index (χ0v) is 18.1. The van der Waals surface area contributed by atoms with Gasteiger partial charge in [0.05, 0.1) is 23.9 Å². The van der Waals surface area contributed by atoms with Crippen molar-refractivity contribution in [1.82, 2.24) is 10.2 Å². The average molecular weight is 454 g/mol. The lowest BCUT2D eigenvalue weighted by Gasteiger charge is -2.31. The predicted octanol–water partition coefficient (Wildman–Crippen LogP) is 2.57. The van der Waals surface area contributed by atoms with Crippen molar-refractivity contribution in [2.24, 2.45) is 4.99 Å². The Hall–Kier alpha value is -3.52. The number of hydrogen-bond acceptors (Lipinski definition) is 6. The number of hydrogen-bond donors (Lipinski definition) is 1. The van der Waals surface area contributed by atoms with Gasteiger partial charge in [-0.25, -0.2) is 4.79 Å². The van der Waals surface area contributed by atoms with Gasteiger partial charge in [-0.3, -0.25) is 24.3 Å². The summed E-state index contributed by atoms with van der Waals surface area (Å²) in [5, 5.41) is 2.53. The van der Waals surface area contributed by atoms with Crippen LogP contribution in [-0.2, 0) is 19.2 Å². The van der Waals surface area contributed by atoms with E-state index in [9.17, 15) is 19.2 Å². The number of benzene rings is 2. The monoisotopic (exact) mass is 453 g/mol. The van der Waals surface area contributed by atoms with Crippen LogP contribution < -0.4 is 5.32 Å². The first-order valence-corrected chi connectivity index (χ1v) is 10.3. The zero-order chi connectivity index (χ0) is 23.0. The van der Waals surface area contributed by atoms with Gasteiger partial charge in [-0.05, 0) is 25.1 Å². The van der Waals surface area contributed by atoms with Crippen molar-refractivity contribution in [2.45, 2.75) is 30.3 Å². The topological polar surface area (TPSA) is 105 Å². The fraction of sp³-hybridized carbons (Fsp3) is 0.261. The zero-order valence-electron chi connectivity index (χ0n) is 17.4. The van der Waals surface area contributed by atoms with Gasteiger partial charge < -0.3 is 10.1 Å². The van der Waals surface area contributed by atoms with Gasteiger partial charge in [0.2, 0.25) is 5.91 Å². The second kappa shape index (κ2) is 8.20. The van der Waals surface area contributed by atoms with Crippen LogP contribution in [0.15, 0.2) is 53.5 Å². The molecule has 0 fully saturated rings. The highest BCUT2D eigenvalue weighted by atomic mass is 35.5. The molecule has 2 aliphatic heterocycles. The number of carbonyl (C=O) groups excluding carboxylic acids is 4. The highest BCUT2D eigenvalue weighted by molar-refractivity contribution is 6.34. The molecule has 0 saturated heterocycles. The Morgan fingerprint density at radius 2 is 1.69 bits per heavy atom. The number of nitrogens with zero attached hydrogens (tertiary/aromatic N) is 2. The fourth-order valence-electron chi connectivity index (χ4n) is 3.96. The number of aliphatic imine (C=N–C) groups is 1. The lowest BCUT2D eigenvalue weighted by Crippen LogP contribution is -2.54. The number of halogens is 1. The fourth-order valence-corrected chi connectivity index (χ4v) is 4.32. The number of carbonyl (C=O) groups is 4. The number of methoxy groups -OCH3 is 1. The van der Waals surface area contributed by atoms with E-state index in [0.29, 0.717) is 11.3 Å². The molecule has 0 aromatic heterocycles. The van der Waals surface area contributed by atoms with Gasteiger partial charge in [-0.15, -0.1) is 11.6 Å². The van der Waals surface area contributed by atoms with Crippen molar-refractivity contribution in [3.8, 4) is 0 Å². The van der Waals surface area contributed by atoms with Crippen LogP contribution >= 0.6 is 11.6 Å². The van der Waals surface area contributed by atoms with Crippen LogP contribution in [0.5, 0.6) is 0 Å². The van der Waals surface area contributed by atoms with Gasteiger partial charge >= 0.3 is 5.97 Å². The largest absolute Gasteiger partial charge is 0.467 e. The Kier molecular flexibility index (Phi) is 5.56. The Bertz CT molecular complexity index is 1130.